The van der Waals surface area contributed by atoms with Crippen molar-refractivity contribution in [1.29, 1.82) is 0 Å². The van der Waals surface area contributed by atoms with Gasteiger partial charge in [0, 0.05) is 37.8 Å². The second kappa shape index (κ2) is 9.62. The normalized spacial score (nSPS) is 15.1. The third-order valence-corrected chi connectivity index (χ3v) is 7.36. The Morgan fingerprint density at radius 2 is 1.67 bits per heavy atom. The molecule has 1 heterocycles. The quantitative estimate of drug-likeness (QED) is 0.698. The zero-order chi connectivity index (χ0) is 21.7. The van der Waals surface area contributed by atoms with Gasteiger partial charge in [-0.05, 0) is 50.1 Å². The number of methoxy groups -OCH3 is 1. The molecule has 1 saturated heterocycles. The Balaban J connectivity index is 1.84. The number of hydrogen-bond acceptors (Lipinski definition) is 4. The van der Waals surface area contributed by atoms with Crippen LogP contribution in [-0.4, -0.2) is 50.8 Å². The third kappa shape index (κ3) is 5.02. The molecule has 0 aromatic heterocycles. The van der Waals surface area contributed by atoms with Gasteiger partial charge in [0.25, 0.3) is 5.91 Å². The van der Waals surface area contributed by atoms with E-state index in [-0.39, 0.29) is 17.3 Å². The predicted molar refractivity (Wildman–Crippen MR) is 117 cm³/mol. The molecule has 6 nitrogen and oxygen atoms in total. The molecule has 0 atom stereocenters. The monoisotopic (exact) mass is 430 g/mol. The highest BCUT2D eigenvalue weighted by Gasteiger charge is 2.23. The van der Waals surface area contributed by atoms with E-state index in [1.54, 1.807) is 49.6 Å². The summed E-state index contributed by atoms with van der Waals surface area (Å²) in [5.74, 6) is 0.554. The molecular weight excluding hydrogens is 400 g/mol. The van der Waals surface area contributed by atoms with E-state index in [0.29, 0.717) is 16.9 Å². The maximum absolute atomic E-state index is 13.0. The Morgan fingerprint density at radius 1 is 1.03 bits per heavy atom. The van der Waals surface area contributed by atoms with Crippen molar-refractivity contribution in [2.45, 2.75) is 44.0 Å². The number of ether oxygens (including phenoxy) is 1. The van der Waals surface area contributed by atoms with E-state index in [0.717, 1.165) is 44.3 Å². The Kier molecular flexibility index (Phi) is 7.15. The van der Waals surface area contributed by atoms with Gasteiger partial charge in [0.2, 0.25) is 10.0 Å². The van der Waals surface area contributed by atoms with Crippen molar-refractivity contribution < 1.29 is 17.9 Å². The van der Waals surface area contributed by atoms with Crippen molar-refractivity contribution in [3.8, 4) is 5.75 Å². The Morgan fingerprint density at radius 3 is 2.27 bits per heavy atom. The van der Waals surface area contributed by atoms with E-state index in [1.807, 2.05) is 11.8 Å². The lowest BCUT2D eigenvalue weighted by Gasteiger charge is -2.22. The smallest absolute Gasteiger partial charge is 0.253 e. The summed E-state index contributed by atoms with van der Waals surface area (Å²) in [5.41, 5.74) is 2.23. The Bertz CT molecular complexity index is 979. The average molecular weight is 431 g/mol. The molecular formula is C23H30N2O4S. The van der Waals surface area contributed by atoms with E-state index in [9.17, 15) is 13.2 Å². The number of likely N-dealkylation sites (tertiary alicyclic amines) is 1. The van der Waals surface area contributed by atoms with Crippen LogP contribution in [0.2, 0.25) is 0 Å². The number of sulfonamides is 1. The molecule has 1 aliphatic rings. The largest absolute Gasteiger partial charge is 0.496 e. The minimum Gasteiger partial charge on any atom is -0.496 e. The van der Waals surface area contributed by atoms with Crippen LogP contribution in [0.25, 0.3) is 0 Å². The standard InChI is InChI=1S/C23H30N2O4S/c1-18-8-11-21(12-9-18)30(27,28)24(2)17-20-16-19(10-13-22(20)29-3)23(26)25-14-6-4-5-7-15-25/h8-13,16H,4-7,14-15,17H2,1-3H3. The molecule has 1 fully saturated rings. The highest BCUT2D eigenvalue weighted by molar-refractivity contribution is 7.89. The van der Waals surface area contributed by atoms with Crippen LogP contribution < -0.4 is 4.74 Å². The summed E-state index contributed by atoms with van der Waals surface area (Å²) in [4.78, 5) is 15.1. The Labute approximate surface area is 179 Å². The maximum Gasteiger partial charge on any atom is 0.253 e. The van der Waals surface area contributed by atoms with Crippen molar-refractivity contribution in [2.75, 3.05) is 27.2 Å². The van der Waals surface area contributed by atoms with Gasteiger partial charge in [0.15, 0.2) is 0 Å². The number of carbonyl (C=O) groups is 1. The molecule has 0 aliphatic carbocycles. The number of aryl methyl sites for hydroxylation is 1. The molecule has 2 aromatic rings. The fourth-order valence-corrected chi connectivity index (χ4v) is 4.86. The molecule has 0 saturated carbocycles. The second-order valence-corrected chi connectivity index (χ2v) is 9.85. The molecule has 1 amide bonds. The van der Waals surface area contributed by atoms with Crippen molar-refractivity contribution in [2.24, 2.45) is 0 Å². The maximum atomic E-state index is 13.0. The van der Waals surface area contributed by atoms with Gasteiger partial charge in [-0.25, -0.2) is 8.42 Å². The predicted octanol–water partition coefficient (Wildman–Crippen LogP) is 3.84. The van der Waals surface area contributed by atoms with Crippen LogP contribution in [0, 0.1) is 6.92 Å². The van der Waals surface area contributed by atoms with Gasteiger partial charge >= 0.3 is 0 Å². The first-order valence-corrected chi connectivity index (χ1v) is 11.8. The fourth-order valence-electron chi connectivity index (χ4n) is 3.71. The molecule has 0 N–H and O–H groups in total. The van der Waals surface area contributed by atoms with Gasteiger partial charge in [-0.1, -0.05) is 30.5 Å². The van der Waals surface area contributed by atoms with Crippen LogP contribution in [0.15, 0.2) is 47.4 Å². The second-order valence-electron chi connectivity index (χ2n) is 7.81. The molecule has 0 spiro atoms. The minimum atomic E-state index is -3.65. The van der Waals surface area contributed by atoms with Crippen LogP contribution in [-0.2, 0) is 16.6 Å². The van der Waals surface area contributed by atoms with Gasteiger partial charge < -0.3 is 9.64 Å². The van der Waals surface area contributed by atoms with Crippen LogP contribution in [0.5, 0.6) is 5.75 Å². The number of amides is 1. The zero-order valence-corrected chi connectivity index (χ0v) is 18.7. The van der Waals surface area contributed by atoms with Crippen LogP contribution in [0.1, 0.15) is 47.2 Å². The number of nitrogens with zero attached hydrogens (tertiary/aromatic N) is 2. The topological polar surface area (TPSA) is 66.9 Å². The van der Waals surface area contributed by atoms with Crippen LogP contribution in [0.4, 0.5) is 0 Å². The van der Waals surface area contributed by atoms with E-state index in [2.05, 4.69) is 0 Å². The first-order chi connectivity index (χ1) is 14.3. The van der Waals surface area contributed by atoms with Gasteiger partial charge in [-0.15, -0.1) is 0 Å². The summed E-state index contributed by atoms with van der Waals surface area (Å²) in [5, 5.41) is 0. The lowest BCUT2D eigenvalue weighted by atomic mass is 10.1. The number of benzene rings is 2. The number of carbonyl (C=O) groups excluding carboxylic acids is 1. The summed E-state index contributed by atoms with van der Waals surface area (Å²) in [6.07, 6.45) is 4.34. The summed E-state index contributed by atoms with van der Waals surface area (Å²) in [6.45, 7) is 3.56. The molecule has 7 heteroatoms. The molecule has 30 heavy (non-hydrogen) atoms. The van der Waals surface area contributed by atoms with Gasteiger partial charge in [-0.2, -0.15) is 4.31 Å². The average Bonchev–Trinajstić information content (AvgIpc) is 3.03. The lowest BCUT2D eigenvalue weighted by molar-refractivity contribution is 0.0761. The van der Waals surface area contributed by atoms with E-state index in [1.165, 1.54) is 11.4 Å². The number of hydrogen-bond donors (Lipinski definition) is 0. The van der Waals surface area contributed by atoms with Gasteiger partial charge in [0.05, 0.1) is 12.0 Å². The molecule has 3 rings (SSSR count). The van der Waals surface area contributed by atoms with Gasteiger partial charge in [0.1, 0.15) is 5.75 Å². The van der Waals surface area contributed by atoms with Crippen molar-refractivity contribution in [3.63, 3.8) is 0 Å². The minimum absolute atomic E-state index is 0.00940. The molecule has 162 valence electrons. The summed E-state index contributed by atoms with van der Waals surface area (Å²) < 4.78 is 32.6. The fraction of sp³-hybridized carbons (Fsp3) is 0.435. The lowest BCUT2D eigenvalue weighted by Crippen LogP contribution is -2.32. The first kappa shape index (κ1) is 22.3. The zero-order valence-electron chi connectivity index (χ0n) is 17.9. The first-order valence-electron chi connectivity index (χ1n) is 10.3. The molecule has 2 aromatic carbocycles. The third-order valence-electron chi connectivity index (χ3n) is 5.54. The molecule has 0 radical (unpaired) electrons. The molecule has 0 unspecified atom stereocenters. The van der Waals surface area contributed by atoms with Crippen molar-refractivity contribution in [3.05, 3.63) is 59.2 Å². The highest BCUT2D eigenvalue weighted by Crippen LogP contribution is 2.25. The number of rotatable bonds is 6. The summed E-state index contributed by atoms with van der Waals surface area (Å²) >= 11 is 0. The highest BCUT2D eigenvalue weighted by atomic mass is 32.2. The summed E-state index contributed by atoms with van der Waals surface area (Å²) in [6, 6.07) is 12.0. The van der Waals surface area contributed by atoms with E-state index in [4.69, 9.17) is 4.74 Å². The van der Waals surface area contributed by atoms with E-state index >= 15 is 0 Å². The van der Waals surface area contributed by atoms with Crippen molar-refractivity contribution >= 4 is 15.9 Å². The van der Waals surface area contributed by atoms with Crippen LogP contribution in [0.3, 0.4) is 0 Å². The van der Waals surface area contributed by atoms with Crippen molar-refractivity contribution in [1.82, 2.24) is 9.21 Å². The summed E-state index contributed by atoms with van der Waals surface area (Å²) in [7, 11) is -0.570. The van der Waals surface area contributed by atoms with Gasteiger partial charge in [-0.3, -0.25) is 4.79 Å². The molecule has 1 aliphatic heterocycles. The van der Waals surface area contributed by atoms with Crippen LogP contribution >= 0.6 is 0 Å². The Hall–Kier alpha value is -2.38. The molecule has 0 bridgehead atoms. The van der Waals surface area contributed by atoms with E-state index < -0.39 is 10.0 Å². The SMILES string of the molecule is COc1ccc(C(=O)N2CCCCCC2)cc1CN(C)S(=O)(=O)c1ccc(C)cc1.